The van der Waals surface area contributed by atoms with Crippen molar-refractivity contribution >= 4 is 5.97 Å². The van der Waals surface area contributed by atoms with Gasteiger partial charge in [-0.1, -0.05) is 30.3 Å². The van der Waals surface area contributed by atoms with Gasteiger partial charge in [0, 0.05) is 32.2 Å². The Morgan fingerprint density at radius 2 is 2.10 bits per heavy atom. The molecule has 2 atom stereocenters. The molecule has 1 saturated carbocycles. The summed E-state index contributed by atoms with van der Waals surface area (Å²) in [5.41, 5.74) is 1.04. The van der Waals surface area contributed by atoms with E-state index in [0.29, 0.717) is 19.1 Å². The first-order chi connectivity index (χ1) is 10.2. The van der Waals surface area contributed by atoms with Gasteiger partial charge >= 0.3 is 5.97 Å². The maximum Gasteiger partial charge on any atom is 0.308 e. The van der Waals surface area contributed by atoms with Gasteiger partial charge in [0.05, 0.1) is 12.5 Å². The minimum Gasteiger partial charge on any atom is -0.481 e. The Kier molecular flexibility index (Phi) is 4.00. The Bertz CT molecular complexity index is 500. The Labute approximate surface area is 125 Å². The molecule has 2 fully saturated rings. The topological polar surface area (TPSA) is 49.8 Å². The van der Waals surface area contributed by atoms with Gasteiger partial charge in [0.25, 0.3) is 0 Å². The molecule has 0 radical (unpaired) electrons. The van der Waals surface area contributed by atoms with Crippen LogP contribution in [0.1, 0.15) is 18.4 Å². The van der Waals surface area contributed by atoms with E-state index in [4.69, 9.17) is 4.74 Å². The Balaban J connectivity index is 1.78. The number of ether oxygens (including phenoxy) is 1. The molecule has 1 N–H and O–H groups in total. The summed E-state index contributed by atoms with van der Waals surface area (Å²) in [7, 11) is 1.68. The van der Waals surface area contributed by atoms with Gasteiger partial charge in [-0.2, -0.15) is 0 Å². The number of carbonyl (C=O) groups is 1. The molecule has 3 rings (SSSR count). The second-order valence-electron chi connectivity index (χ2n) is 6.49. The van der Waals surface area contributed by atoms with Crippen LogP contribution in [0.15, 0.2) is 30.3 Å². The summed E-state index contributed by atoms with van der Waals surface area (Å²) in [4.78, 5) is 14.0. The van der Waals surface area contributed by atoms with E-state index >= 15 is 0 Å². The molecule has 4 heteroatoms. The summed E-state index contributed by atoms with van der Waals surface area (Å²) < 4.78 is 5.42. The Morgan fingerprint density at radius 1 is 1.38 bits per heavy atom. The van der Waals surface area contributed by atoms with Crippen LogP contribution >= 0.6 is 0 Å². The van der Waals surface area contributed by atoms with Crippen molar-refractivity contribution in [3.63, 3.8) is 0 Å². The SMILES string of the molecule is COCC1(C2CC2)CN(Cc2ccccc2)CC1C(=O)O. The Morgan fingerprint density at radius 3 is 2.67 bits per heavy atom. The van der Waals surface area contributed by atoms with E-state index in [9.17, 15) is 9.90 Å². The van der Waals surface area contributed by atoms with Crippen molar-refractivity contribution in [1.82, 2.24) is 4.90 Å². The van der Waals surface area contributed by atoms with Crippen LogP contribution in [-0.4, -0.2) is 42.8 Å². The Hall–Kier alpha value is -1.39. The predicted octanol–water partition coefficient (Wildman–Crippen LogP) is 2.25. The van der Waals surface area contributed by atoms with Gasteiger partial charge in [-0.15, -0.1) is 0 Å². The number of nitrogens with zero attached hydrogens (tertiary/aromatic N) is 1. The summed E-state index contributed by atoms with van der Waals surface area (Å²) in [6.45, 7) is 2.84. The molecule has 0 spiro atoms. The zero-order valence-corrected chi connectivity index (χ0v) is 12.5. The van der Waals surface area contributed by atoms with E-state index < -0.39 is 5.97 Å². The van der Waals surface area contributed by atoms with Crippen LogP contribution in [0.2, 0.25) is 0 Å². The molecule has 1 saturated heterocycles. The van der Waals surface area contributed by atoms with Crippen LogP contribution in [0, 0.1) is 17.3 Å². The van der Waals surface area contributed by atoms with Crippen molar-refractivity contribution in [2.75, 3.05) is 26.8 Å². The number of benzene rings is 1. The van der Waals surface area contributed by atoms with Gasteiger partial charge in [-0.3, -0.25) is 9.69 Å². The fourth-order valence-electron chi connectivity index (χ4n) is 3.92. The zero-order valence-electron chi connectivity index (χ0n) is 12.5. The summed E-state index contributed by atoms with van der Waals surface area (Å²) in [6, 6.07) is 10.3. The lowest BCUT2D eigenvalue weighted by Crippen LogP contribution is -2.41. The highest BCUT2D eigenvalue weighted by molar-refractivity contribution is 5.72. The molecular formula is C17H23NO3. The molecule has 1 aliphatic heterocycles. The highest BCUT2D eigenvalue weighted by atomic mass is 16.5. The first-order valence-corrected chi connectivity index (χ1v) is 7.64. The van der Waals surface area contributed by atoms with E-state index in [1.807, 2.05) is 18.2 Å². The van der Waals surface area contributed by atoms with E-state index in [-0.39, 0.29) is 11.3 Å². The fourth-order valence-corrected chi connectivity index (χ4v) is 3.92. The molecule has 0 aromatic heterocycles. The zero-order chi connectivity index (χ0) is 14.9. The van der Waals surface area contributed by atoms with Crippen molar-refractivity contribution in [2.24, 2.45) is 17.3 Å². The predicted molar refractivity (Wildman–Crippen MR) is 79.9 cm³/mol. The molecule has 2 aliphatic rings. The lowest BCUT2D eigenvalue weighted by molar-refractivity contribution is -0.146. The number of carboxylic acid groups (broad SMARTS) is 1. The molecule has 0 bridgehead atoms. The minimum atomic E-state index is -0.672. The standard InChI is InChI=1S/C17H23NO3/c1-21-12-17(14-7-8-14)11-18(10-15(17)16(19)20)9-13-5-3-2-4-6-13/h2-6,14-15H,7-12H2,1H3,(H,19,20). The number of hydrogen-bond donors (Lipinski definition) is 1. The lowest BCUT2D eigenvalue weighted by atomic mass is 9.74. The third-order valence-electron chi connectivity index (χ3n) is 5.00. The summed E-state index contributed by atoms with van der Waals surface area (Å²) >= 11 is 0. The monoisotopic (exact) mass is 289 g/mol. The maximum atomic E-state index is 11.7. The lowest BCUT2D eigenvalue weighted by Gasteiger charge is -2.32. The van der Waals surface area contributed by atoms with E-state index in [2.05, 4.69) is 17.0 Å². The van der Waals surface area contributed by atoms with Crippen LogP contribution in [0.4, 0.5) is 0 Å². The molecule has 0 amide bonds. The fraction of sp³-hybridized carbons (Fsp3) is 0.588. The molecule has 1 aromatic rings. The largest absolute Gasteiger partial charge is 0.481 e. The van der Waals surface area contributed by atoms with Gasteiger partial charge < -0.3 is 9.84 Å². The van der Waals surface area contributed by atoms with Gasteiger partial charge in [0.1, 0.15) is 0 Å². The van der Waals surface area contributed by atoms with E-state index in [1.54, 1.807) is 7.11 Å². The van der Waals surface area contributed by atoms with Gasteiger partial charge in [-0.25, -0.2) is 0 Å². The van der Waals surface area contributed by atoms with E-state index in [1.165, 1.54) is 5.56 Å². The third-order valence-corrected chi connectivity index (χ3v) is 5.00. The molecule has 21 heavy (non-hydrogen) atoms. The first kappa shape index (κ1) is 14.5. The third kappa shape index (κ3) is 2.83. The molecule has 1 aliphatic carbocycles. The second-order valence-corrected chi connectivity index (χ2v) is 6.49. The van der Waals surface area contributed by atoms with Crippen molar-refractivity contribution in [1.29, 1.82) is 0 Å². The molecule has 2 unspecified atom stereocenters. The molecule has 114 valence electrons. The summed E-state index contributed by atoms with van der Waals surface area (Å²) in [5, 5.41) is 9.65. The average molecular weight is 289 g/mol. The van der Waals surface area contributed by atoms with Crippen molar-refractivity contribution in [2.45, 2.75) is 19.4 Å². The molecular weight excluding hydrogens is 266 g/mol. The highest BCUT2D eigenvalue weighted by Gasteiger charge is 2.57. The number of carboxylic acids is 1. The van der Waals surface area contributed by atoms with Crippen LogP contribution in [-0.2, 0) is 16.1 Å². The normalized spacial score (nSPS) is 29.7. The minimum absolute atomic E-state index is 0.199. The number of hydrogen-bond acceptors (Lipinski definition) is 3. The number of aliphatic carboxylic acids is 1. The number of likely N-dealkylation sites (tertiary alicyclic amines) is 1. The van der Waals surface area contributed by atoms with Crippen LogP contribution in [0.3, 0.4) is 0 Å². The van der Waals surface area contributed by atoms with Gasteiger partial charge in [0.15, 0.2) is 0 Å². The number of methoxy groups -OCH3 is 1. The van der Waals surface area contributed by atoms with Crippen molar-refractivity contribution in [3.05, 3.63) is 35.9 Å². The van der Waals surface area contributed by atoms with Crippen molar-refractivity contribution in [3.8, 4) is 0 Å². The van der Waals surface area contributed by atoms with Crippen LogP contribution in [0.25, 0.3) is 0 Å². The molecule has 1 heterocycles. The summed E-state index contributed by atoms with van der Waals surface area (Å²) in [5.74, 6) is -0.470. The second kappa shape index (κ2) is 5.78. The molecule has 1 aromatic carbocycles. The van der Waals surface area contributed by atoms with Crippen LogP contribution < -0.4 is 0 Å². The quantitative estimate of drug-likeness (QED) is 0.872. The number of rotatable bonds is 6. The first-order valence-electron chi connectivity index (χ1n) is 7.64. The average Bonchev–Trinajstić information content (AvgIpc) is 3.25. The van der Waals surface area contributed by atoms with Crippen molar-refractivity contribution < 1.29 is 14.6 Å². The van der Waals surface area contributed by atoms with E-state index in [0.717, 1.165) is 25.9 Å². The maximum absolute atomic E-state index is 11.7. The smallest absolute Gasteiger partial charge is 0.308 e. The summed E-state index contributed by atoms with van der Waals surface area (Å²) in [6.07, 6.45) is 2.29. The van der Waals surface area contributed by atoms with Gasteiger partial charge in [-0.05, 0) is 24.3 Å². The van der Waals surface area contributed by atoms with Gasteiger partial charge in [0.2, 0.25) is 0 Å². The molecule has 4 nitrogen and oxygen atoms in total. The highest BCUT2D eigenvalue weighted by Crippen LogP contribution is 2.54. The van der Waals surface area contributed by atoms with Crippen LogP contribution in [0.5, 0.6) is 0 Å².